The van der Waals surface area contributed by atoms with Crippen molar-refractivity contribution in [2.45, 2.75) is 19.8 Å². The smallest absolute Gasteiger partial charge is 0.281 e. The molecule has 0 bridgehead atoms. The van der Waals surface area contributed by atoms with Crippen molar-refractivity contribution in [1.29, 1.82) is 0 Å². The van der Waals surface area contributed by atoms with E-state index in [0.29, 0.717) is 11.7 Å². The number of hydrogen-bond acceptors (Lipinski definition) is 7. The molecule has 2 aliphatic heterocycles. The minimum Gasteiger partial charge on any atom is -0.339 e. The molecule has 3 rings (SSSR count). The molecular formula is C13H23N5O5S2. The van der Waals surface area contributed by atoms with Crippen LogP contribution in [0.15, 0.2) is 4.52 Å². The van der Waals surface area contributed by atoms with E-state index in [-0.39, 0.29) is 37.8 Å². The Labute approximate surface area is 148 Å². The fourth-order valence-corrected chi connectivity index (χ4v) is 5.98. The van der Waals surface area contributed by atoms with Crippen molar-refractivity contribution in [1.82, 2.24) is 23.1 Å². The van der Waals surface area contributed by atoms with E-state index in [9.17, 15) is 16.8 Å². The maximum Gasteiger partial charge on any atom is 0.281 e. The first kappa shape index (κ1) is 18.7. The Morgan fingerprint density at radius 1 is 1.20 bits per heavy atom. The summed E-state index contributed by atoms with van der Waals surface area (Å²) < 4.78 is 58.4. The highest BCUT2D eigenvalue weighted by Gasteiger charge is 2.60. The Balaban J connectivity index is 1.91. The molecule has 0 N–H and O–H groups in total. The van der Waals surface area contributed by atoms with Gasteiger partial charge in [-0.2, -0.15) is 22.0 Å². The average molecular weight is 393 g/mol. The first-order valence-electron chi connectivity index (χ1n) is 7.97. The fourth-order valence-electron chi connectivity index (χ4n) is 3.48. The largest absolute Gasteiger partial charge is 0.339 e. The maximum absolute atomic E-state index is 12.3. The van der Waals surface area contributed by atoms with Crippen molar-refractivity contribution in [2.75, 3.05) is 46.0 Å². The first-order chi connectivity index (χ1) is 11.5. The molecule has 25 heavy (non-hydrogen) atoms. The Bertz CT molecular complexity index is 857. The molecule has 12 heteroatoms. The second-order valence-corrected chi connectivity index (χ2v) is 11.2. The normalized spacial score (nSPS) is 24.9. The van der Waals surface area contributed by atoms with Gasteiger partial charge < -0.3 is 4.52 Å². The lowest BCUT2D eigenvalue weighted by atomic mass is 9.73. The van der Waals surface area contributed by atoms with Crippen LogP contribution < -0.4 is 0 Å². The summed E-state index contributed by atoms with van der Waals surface area (Å²) in [6.07, 6.45) is 0. The van der Waals surface area contributed by atoms with Gasteiger partial charge in [0, 0.05) is 45.7 Å². The predicted octanol–water partition coefficient (Wildman–Crippen LogP) is -0.765. The molecule has 3 heterocycles. The highest BCUT2D eigenvalue weighted by molar-refractivity contribution is 7.89. The first-order valence-corrected chi connectivity index (χ1v) is 11.0. The minimum atomic E-state index is -3.53. The second-order valence-electron chi connectivity index (χ2n) is 6.85. The summed E-state index contributed by atoms with van der Waals surface area (Å²) >= 11 is 0. The van der Waals surface area contributed by atoms with Crippen molar-refractivity contribution in [3.8, 4) is 0 Å². The highest BCUT2D eigenvalue weighted by Crippen LogP contribution is 2.50. The van der Waals surface area contributed by atoms with Gasteiger partial charge in [0.25, 0.3) is 10.2 Å². The number of sulfonamides is 1. The van der Waals surface area contributed by atoms with E-state index >= 15 is 0 Å². The molecule has 2 fully saturated rings. The SMILES string of the molecule is CCS(=O)(=O)N1CC(c2nc(C)no2)C2(C1)CN(S(=O)(=O)N(C)C)C2. The van der Waals surface area contributed by atoms with E-state index in [1.807, 2.05) is 0 Å². The quantitative estimate of drug-likeness (QED) is 0.645. The molecule has 1 atom stereocenters. The fraction of sp³-hybridized carbons (Fsp3) is 0.846. The van der Waals surface area contributed by atoms with E-state index in [4.69, 9.17) is 4.52 Å². The van der Waals surface area contributed by atoms with E-state index in [1.54, 1.807) is 13.8 Å². The zero-order chi connectivity index (χ0) is 18.6. The van der Waals surface area contributed by atoms with Gasteiger partial charge in [-0.15, -0.1) is 0 Å². The molecule has 0 aliphatic carbocycles. The van der Waals surface area contributed by atoms with Gasteiger partial charge in [-0.3, -0.25) is 0 Å². The van der Waals surface area contributed by atoms with Gasteiger partial charge in [-0.25, -0.2) is 12.7 Å². The van der Waals surface area contributed by atoms with Gasteiger partial charge >= 0.3 is 0 Å². The predicted molar refractivity (Wildman–Crippen MR) is 89.4 cm³/mol. The molecule has 2 saturated heterocycles. The van der Waals surface area contributed by atoms with E-state index in [2.05, 4.69) is 10.1 Å². The Kier molecular flexibility index (Phi) is 4.47. The topological polar surface area (TPSA) is 117 Å². The molecule has 1 spiro atoms. The molecule has 142 valence electrons. The monoisotopic (exact) mass is 393 g/mol. The summed E-state index contributed by atoms with van der Waals surface area (Å²) in [4.78, 5) is 4.26. The van der Waals surface area contributed by atoms with Crippen molar-refractivity contribution in [3.63, 3.8) is 0 Å². The number of rotatable bonds is 5. The van der Waals surface area contributed by atoms with Crippen LogP contribution >= 0.6 is 0 Å². The van der Waals surface area contributed by atoms with Crippen molar-refractivity contribution < 1.29 is 21.4 Å². The minimum absolute atomic E-state index is 0.00162. The summed E-state index contributed by atoms with van der Waals surface area (Å²) in [5, 5.41) is 3.79. The third-order valence-corrected chi connectivity index (χ3v) is 8.61. The van der Waals surface area contributed by atoms with Gasteiger partial charge in [0.1, 0.15) is 0 Å². The van der Waals surface area contributed by atoms with E-state index < -0.39 is 25.6 Å². The van der Waals surface area contributed by atoms with Crippen molar-refractivity contribution in [3.05, 3.63) is 11.7 Å². The highest BCUT2D eigenvalue weighted by atomic mass is 32.2. The molecule has 1 aromatic heterocycles. The second kappa shape index (κ2) is 5.98. The van der Waals surface area contributed by atoms with E-state index in [0.717, 1.165) is 4.31 Å². The lowest BCUT2D eigenvalue weighted by Gasteiger charge is -2.49. The van der Waals surface area contributed by atoms with Gasteiger partial charge in [-0.05, 0) is 13.8 Å². The molecule has 0 amide bonds. The zero-order valence-electron chi connectivity index (χ0n) is 14.7. The number of nitrogens with zero attached hydrogens (tertiary/aromatic N) is 5. The van der Waals surface area contributed by atoms with Crippen LogP contribution in [-0.2, 0) is 20.2 Å². The summed E-state index contributed by atoms with van der Waals surface area (Å²) in [6, 6.07) is 0. The van der Waals surface area contributed by atoms with Crippen LogP contribution in [0.3, 0.4) is 0 Å². The van der Waals surface area contributed by atoms with Crippen molar-refractivity contribution in [2.24, 2.45) is 5.41 Å². The van der Waals surface area contributed by atoms with Gasteiger partial charge in [0.2, 0.25) is 15.9 Å². The number of aryl methyl sites for hydroxylation is 1. The van der Waals surface area contributed by atoms with Crippen LogP contribution in [0.5, 0.6) is 0 Å². The maximum atomic E-state index is 12.3. The van der Waals surface area contributed by atoms with Gasteiger partial charge in [-0.1, -0.05) is 5.16 Å². The van der Waals surface area contributed by atoms with Crippen molar-refractivity contribution >= 4 is 20.2 Å². The molecular weight excluding hydrogens is 370 g/mol. The van der Waals surface area contributed by atoms with Crippen LogP contribution in [-0.4, -0.2) is 85.9 Å². The Morgan fingerprint density at radius 2 is 1.80 bits per heavy atom. The number of hydrogen-bond donors (Lipinski definition) is 0. The number of aromatic nitrogens is 2. The van der Waals surface area contributed by atoms with Crippen LogP contribution in [0.25, 0.3) is 0 Å². The third-order valence-electron chi connectivity index (χ3n) is 4.99. The van der Waals surface area contributed by atoms with Crippen LogP contribution in [0.4, 0.5) is 0 Å². The van der Waals surface area contributed by atoms with Crippen LogP contribution in [0.1, 0.15) is 24.6 Å². The third kappa shape index (κ3) is 2.99. The summed E-state index contributed by atoms with van der Waals surface area (Å²) in [5.74, 6) is 0.522. The van der Waals surface area contributed by atoms with Gasteiger partial charge in [0.05, 0.1) is 11.7 Å². The summed E-state index contributed by atoms with van der Waals surface area (Å²) in [7, 11) is -3.97. The molecule has 0 aromatic carbocycles. The molecule has 0 radical (unpaired) electrons. The molecule has 1 unspecified atom stereocenters. The molecule has 1 aromatic rings. The zero-order valence-corrected chi connectivity index (χ0v) is 16.3. The molecule has 0 saturated carbocycles. The molecule has 10 nitrogen and oxygen atoms in total. The Morgan fingerprint density at radius 3 is 2.28 bits per heavy atom. The van der Waals surface area contributed by atoms with Gasteiger partial charge in [0.15, 0.2) is 5.82 Å². The lowest BCUT2D eigenvalue weighted by Crippen LogP contribution is -2.63. The Hall–Kier alpha value is -1.08. The lowest BCUT2D eigenvalue weighted by molar-refractivity contribution is 0.0553. The summed E-state index contributed by atoms with van der Waals surface area (Å²) in [6.45, 7) is 4.24. The average Bonchev–Trinajstić information content (AvgIpc) is 3.09. The van der Waals surface area contributed by atoms with Crippen LogP contribution in [0, 0.1) is 12.3 Å². The molecule has 2 aliphatic rings. The van der Waals surface area contributed by atoms with E-state index in [1.165, 1.54) is 22.7 Å². The van der Waals surface area contributed by atoms with Crippen LogP contribution in [0.2, 0.25) is 0 Å². The summed E-state index contributed by atoms with van der Waals surface area (Å²) in [5.41, 5.74) is -0.537. The standard InChI is InChI=1S/C13H23N5O5S2/c1-5-24(19,20)17-6-11(12-14-10(2)15-23-12)13(7-17)8-18(9-13)25(21,22)16(3)4/h11H,5-9H2,1-4H3.